The van der Waals surface area contributed by atoms with Gasteiger partial charge in [-0.3, -0.25) is 9.69 Å². The van der Waals surface area contributed by atoms with Crippen LogP contribution in [0.1, 0.15) is 11.1 Å². The zero-order valence-electron chi connectivity index (χ0n) is 15.6. The molecule has 4 rings (SSSR count). The molecule has 0 unspecified atom stereocenters. The fraction of sp³-hybridized carbons (Fsp3) is 0.273. The van der Waals surface area contributed by atoms with Crippen molar-refractivity contribution in [2.75, 3.05) is 31.1 Å². The lowest BCUT2D eigenvalue weighted by molar-refractivity contribution is -0.136. The van der Waals surface area contributed by atoms with Gasteiger partial charge in [-0.15, -0.1) is 0 Å². The molecule has 28 heavy (non-hydrogen) atoms. The molecule has 1 saturated heterocycles. The summed E-state index contributed by atoms with van der Waals surface area (Å²) < 4.78 is 0. The summed E-state index contributed by atoms with van der Waals surface area (Å²) in [6, 6.07) is 18.3. The summed E-state index contributed by atoms with van der Waals surface area (Å²) >= 11 is 1.75. The monoisotopic (exact) mass is 393 g/mol. The van der Waals surface area contributed by atoms with E-state index in [0.717, 1.165) is 43.4 Å². The summed E-state index contributed by atoms with van der Waals surface area (Å²) in [6.07, 6.45) is 2.05. The minimum absolute atomic E-state index is 0.0788. The molecule has 0 atom stereocenters. The Bertz CT molecular complexity index is 934. The lowest BCUT2D eigenvalue weighted by atomic mass is 10.1. The highest BCUT2D eigenvalue weighted by atomic mass is 32.1. The molecule has 0 aliphatic carbocycles. The van der Waals surface area contributed by atoms with Crippen molar-refractivity contribution >= 4 is 22.4 Å². The number of aliphatic carboxylic acids is 1. The number of hydrogen-bond donors (Lipinski definition) is 1. The van der Waals surface area contributed by atoms with Crippen molar-refractivity contribution in [3.05, 3.63) is 71.9 Å². The smallest absolute Gasteiger partial charge is 0.307 e. The van der Waals surface area contributed by atoms with E-state index in [1.165, 1.54) is 16.0 Å². The standard InChI is InChI=1S/C22H23N3O2S/c26-21(27)14-17-5-4-6-18(13-17)16-24-9-11-25(12-10-24)22-23-15-20(28-22)19-7-2-1-3-8-19/h1-8,13,15H,9-12,14,16H2,(H,26,27). The van der Waals surface area contributed by atoms with Crippen LogP contribution in [-0.2, 0) is 17.8 Å². The molecule has 2 heterocycles. The van der Waals surface area contributed by atoms with Crippen LogP contribution in [0.3, 0.4) is 0 Å². The summed E-state index contributed by atoms with van der Waals surface area (Å²) in [7, 11) is 0. The third-order valence-corrected chi connectivity index (χ3v) is 6.05. The maximum atomic E-state index is 10.9. The molecule has 1 aromatic heterocycles. The quantitative estimate of drug-likeness (QED) is 0.691. The molecule has 0 spiro atoms. The minimum atomic E-state index is -0.788. The number of hydrogen-bond acceptors (Lipinski definition) is 5. The number of rotatable bonds is 6. The highest BCUT2D eigenvalue weighted by molar-refractivity contribution is 7.18. The lowest BCUT2D eigenvalue weighted by Gasteiger charge is -2.34. The van der Waals surface area contributed by atoms with Gasteiger partial charge in [0.25, 0.3) is 0 Å². The predicted octanol–water partition coefficient (Wildman–Crippen LogP) is 3.76. The molecule has 0 radical (unpaired) electrons. The van der Waals surface area contributed by atoms with E-state index < -0.39 is 5.97 Å². The van der Waals surface area contributed by atoms with Gasteiger partial charge in [0.05, 0.1) is 11.3 Å². The molecule has 3 aromatic rings. The second-order valence-corrected chi connectivity index (χ2v) is 8.04. The van der Waals surface area contributed by atoms with Gasteiger partial charge in [-0.2, -0.15) is 0 Å². The van der Waals surface area contributed by atoms with Gasteiger partial charge in [0.15, 0.2) is 5.13 Å². The van der Waals surface area contributed by atoms with Crippen molar-refractivity contribution in [3.63, 3.8) is 0 Å². The van der Waals surface area contributed by atoms with Crippen molar-refractivity contribution in [1.82, 2.24) is 9.88 Å². The van der Waals surface area contributed by atoms with Crippen LogP contribution in [0.2, 0.25) is 0 Å². The summed E-state index contributed by atoms with van der Waals surface area (Å²) in [5, 5.41) is 10.1. The number of anilines is 1. The Labute approximate surface area is 168 Å². The van der Waals surface area contributed by atoms with Crippen LogP contribution in [0.4, 0.5) is 5.13 Å². The molecule has 144 valence electrons. The Hall–Kier alpha value is -2.70. The van der Waals surface area contributed by atoms with E-state index in [1.54, 1.807) is 11.3 Å². The highest BCUT2D eigenvalue weighted by Crippen LogP contribution is 2.31. The van der Waals surface area contributed by atoms with E-state index in [9.17, 15) is 4.79 Å². The maximum Gasteiger partial charge on any atom is 0.307 e. The Morgan fingerprint density at radius 2 is 1.75 bits per heavy atom. The lowest BCUT2D eigenvalue weighted by Crippen LogP contribution is -2.45. The van der Waals surface area contributed by atoms with Crippen molar-refractivity contribution in [3.8, 4) is 10.4 Å². The molecule has 1 fully saturated rings. The van der Waals surface area contributed by atoms with Gasteiger partial charge in [-0.25, -0.2) is 4.98 Å². The van der Waals surface area contributed by atoms with Crippen LogP contribution >= 0.6 is 11.3 Å². The zero-order valence-corrected chi connectivity index (χ0v) is 16.4. The van der Waals surface area contributed by atoms with E-state index in [0.29, 0.717) is 0 Å². The van der Waals surface area contributed by atoms with Crippen LogP contribution in [0, 0.1) is 0 Å². The number of carboxylic acid groups (broad SMARTS) is 1. The second-order valence-electron chi connectivity index (χ2n) is 7.03. The van der Waals surface area contributed by atoms with Crippen LogP contribution in [0.25, 0.3) is 10.4 Å². The number of piperazine rings is 1. The summed E-state index contributed by atoms with van der Waals surface area (Å²) in [5.74, 6) is -0.788. The number of benzene rings is 2. The minimum Gasteiger partial charge on any atom is -0.481 e. The maximum absolute atomic E-state index is 10.9. The van der Waals surface area contributed by atoms with Gasteiger partial charge in [-0.05, 0) is 16.7 Å². The van der Waals surface area contributed by atoms with E-state index >= 15 is 0 Å². The van der Waals surface area contributed by atoms with Crippen molar-refractivity contribution in [1.29, 1.82) is 0 Å². The number of carboxylic acids is 1. The molecule has 0 saturated carbocycles. The van der Waals surface area contributed by atoms with E-state index in [4.69, 9.17) is 5.11 Å². The van der Waals surface area contributed by atoms with E-state index in [-0.39, 0.29) is 6.42 Å². The van der Waals surface area contributed by atoms with Crippen LogP contribution in [0.5, 0.6) is 0 Å². The number of nitrogens with zero attached hydrogens (tertiary/aromatic N) is 3. The van der Waals surface area contributed by atoms with Gasteiger partial charge in [0.2, 0.25) is 0 Å². The van der Waals surface area contributed by atoms with Crippen LogP contribution < -0.4 is 4.90 Å². The predicted molar refractivity (Wildman–Crippen MR) is 113 cm³/mol. The number of thiazole rings is 1. The van der Waals surface area contributed by atoms with Crippen molar-refractivity contribution < 1.29 is 9.90 Å². The largest absolute Gasteiger partial charge is 0.481 e. The normalized spacial score (nSPS) is 14.9. The zero-order chi connectivity index (χ0) is 19.3. The van der Waals surface area contributed by atoms with Gasteiger partial charge in [0.1, 0.15) is 0 Å². The summed E-state index contributed by atoms with van der Waals surface area (Å²) in [6.45, 7) is 4.72. The average Bonchev–Trinajstić information content (AvgIpc) is 3.19. The molecule has 2 aromatic carbocycles. The topological polar surface area (TPSA) is 56.7 Å². The van der Waals surface area contributed by atoms with Crippen molar-refractivity contribution in [2.45, 2.75) is 13.0 Å². The van der Waals surface area contributed by atoms with Crippen molar-refractivity contribution in [2.24, 2.45) is 0 Å². The van der Waals surface area contributed by atoms with Crippen LogP contribution in [0.15, 0.2) is 60.8 Å². The first-order valence-electron chi connectivity index (χ1n) is 9.45. The Kier molecular flexibility index (Phi) is 5.69. The molecule has 0 amide bonds. The first-order chi connectivity index (χ1) is 13.7. The summed E-state index contributed by atoms with van der Waals surface area (Å²) in [5.41, 5.74) is 3.25. The van der Waals surface area contributed by atoms with E-state index in [1.807, 2.05) is 30.5 Å². The Morgan fingerprint density at radius 1 is 1.00 bits per heavy atom. The van der Waals surface area contributed by atoms with Gasteiger partial charge in [-0.1, -0.05) is 65.9 Å². The first-order valence-corrected chi connectivity index (χ1v) is 10.3. The second kappa shape index (κ2) is 8.54. The van der Waals surface area contributed by atoms with Gasteiger partial charge in [0, 0.05) is 38.9 Å². The van der Waals surface area contributed by atoms with Gasteiger partial charge >= 0.3 is 5.97 Å². The Morgan fingerprint density at radius 3 is 2.50 bits per heavy atom. The molecule has 1 N–H and O–H groups in total. The molecule has 1 aliphatic rings. The average molecular weight is 394 g/mol. The molecule has 6 heteroatoms. The molecular weight excluding hydrogens is 370 g/mol. The molecule has 1 aliphatic heterocycles. The molecule has 0 bridgehead atoms. The first kappa shape index (κ1) is 18.7. The van der Waals surface area contributed by atoms with Gasteiger partial charge < -0.3 is 10.0 Å². The Balaban J connectivity index is 1.34. The molecule has 5 nitrogen and oxygen atoms in total. The molecular formula is C22H23N3O2S. The van der Waals surface area contributed by atoms with Crippen LogP contribution in [-0.4, -0.2) is 47.1 Å². The number of carbonyl (C=O) groups is 1. The third kappa shape index (κ3) is 4.58. The fourth-order valence-corrected chi connectivity index (χ4v) is 4.49. The number of aromatic nitrogens is 1. The van der Waals surface area contributed by atoms with E-state index in [2.05, 4.69) is 45.1 Å². The fourth-order valence-electron chi connectivity index (χ4n) is 3.52. The highest BCUT2D eigenvalue weighted by Gasteiger charge is 2.20. The third-order valence-electron chi connectivity index (χ3n) is 4.95. The summed E-state index contributed by atoms with van der Waals surface area (Å²) in [4.78, 5) is 21.5. The SMILES string of the molecule is O=C(O)Cc1cccc(CN2CCN(c3ncc(-c4ccccc4)s3)CC2)c1.